The van der Waals surface area contributed by atoms with Gasteiger partial charge in [-0.2, -0.15) is 5.10 Å². The molecule has 0 spiro atoms. The highest BCUT2D eigenvalue weighted by Gasteiger charge is 2.06. The van der Waals surface area contributed by atoms with Crippen LogP contribution in [0.15, 0.2) is 47.6 Å². The number of hydrogen-bond acceptors (Lipinski definition) is 5. The molecular formula is C15H11Cl2N3O4. The number of benzene rings is 2. The SMILES string of the molecule is O=C(COc1ccc([N+](=O)[O-])cc1)N/N=C/c1cccc(Cl)c1Cl. The van der Waals surface area contributed by atoms with Gasteiger partial charge in [-0.15, -0.1) is 0 Å². The highest BCUT2D eigenvalue weighted by molar-refractivity contribution is 6.43. The first-order chi connectivity index (χ1) is 11.5. The van der Waals surface area contributed by atoms with Crippen LogP contribution >= 0.6 is 23.2 Å². The number of nitrogens with zero attached hydrogens (tertiary/aromatic N) is 2. The van der Waals surface area contributed by atoms with Gasteiger partial charge >= 0.3 is 0 Å². The second-order valence-electron chi connectivity index (χ2n) is 4.48. The first kappa shape index (κ1) is 17.7. The van der Waals surface area contributed by atoms with Crippen molar-refractivity contribution < 1.29 is 14.5 Å². The predicted octanol–water partition coefficient (Wildman–Crippen LogP) is 3.43. The number of ether oxygens (including phenoxy) is 1. The maximum Gasteiger partial charge on any atom is 0.277 e. The van der Waals surface area contributed by atoms with Crippen LogP contribution in [0.2, 0.25) is 10.0 Å². The third-order valence-corrected chi connectivity index (χ3v) is 3.63. The van der Waals surface area contributed by atoms with Crippen molar-refractivity contribution in [3.05, 3.63) is 68.2 Å². The molecule has 0 saturated carbocycles. The summed E-state index contributed by atoms with van der Waals surface area (Å²) in [5, 5.41) is 15.0. The average molecular weight is 368 g/mol. The lowest BCUT2D eigenvalue weighted by molar-refractivity contribution is -0.384. The fourth-order valence-corrected chi connectivity index (χ4v) is 2.00. The summed E-state index contributed by atoms with van der Waals surface area (Å²) in [6, 6.07) is 10.4. The molecule has 0 aliphatic heterocycles. The number of carbonyl (C=O) groups is 1. The van der Waals surface area contributed by atoms with Crippen molar-refractivity contribution in [2.75, 3.05) is 6.61 Å². The summed E-state index contributed by atoms with van der Waals surface area (Å²) in [5.74, 6) is -0.166. The molecule has 124 valence electrons. The van der Waals surface area contributed by atoms with Crippen molar-refractivity contribution in [3.8, 4) is 5.75 Å². The van der Waals surface area contributed by atoms with Crippen LogP contribution < -0.4 is 10.2 Å². The van der Waals surface area contributed by atoms with Crippen LogP contribution in [-0.2, 0) is 4.79 Å². The van der Waals surface area contributed by atoms with E-state index in [1.165, 1.54) is 30.5 Å². The van der Waals surface area contributed by atoms with E-state index < -0.39 is 10.8 Å². The molecule has 0 bridgehead atoms. The number of non-ortho nitro benzene ring substituents is 1. The number of nitrogens with one attached hydrogen (secondary N) is 1. The van der Waals surface area contributed by atoms with Gasteiger partial charge in [0.1, 0.15) is 5.75 Å². The Morgan fingerprint density at radius 2 is 1.96 bits per heavy atom. The van der Waals surface area contributed by atoms with E-state index in [2.05, 4.69) is 10.5 Å². The summed E-state index contributed by atoms with van der Waals surface area (Å²) in [5.41, 5.74) is 2.77. The lowest BCUT2D eigenvalue weighted by atomic mass is 10.2. The maximum absolute atomic E-state index is 11.6. The number of carbonyl (C=O) groups excluding carboxylic acids is 1. The van der Waals surface area contributed by atoms with Crippen LogP contribution in [0.3, 0.4) is 0 Å². The Morgan fingerprint density at radius 1 is 1.25 bits per heavy atom. The third kappa shape index (κ3) is 4.94. The molecule has 24 heavy (non-hydrogen) atoms. The molecule has 7 nitrogen and oxygen atoms in total. The minimum atomic E-state index is -0.522. The molecule has 0 heterocycles. The quantitative estimate of drug-likeness (QED) is 0.480. The van der Waals surface area contributed by atoms with Gasteiger partial charge in [0.05, 0.1) is 21.2 Å². The first-order valence-corrected chi connectivity index (χ1v) is 7.36. The molecular weight excluding hydrogens is 357 g/mol. The van der Waals surface area contributed by atoms with Gasteiger partial charge in [0.25, 0.3) is 11.6 Å². The van der Waals surface area contributed by atoms with Crippen LogP contribution in [0.4, 0.5) is 5.69 Å². The van der Waals surface area contributed by atoms with Crippen LogP contribution in [0, 0.1) is 10.1 Å². The lowest BCUT2D eigenvalue weighted by Gasteiger charge is -2.04. The molecule has 0 saturated heterocycles. The summed E-state index contributed by atoms with van der Waals surface area (Å²) in [7, 11) is 0. The van der Waals surface area contributed by atoms with Crippen molar-refractivity contribution in [2.45, 2.75) is 0 Å². The predicted molar refractivity (Wildman–Crippen MR) is 90.8 cm³/mol. The van der Waals surface area contributed by atoms with E-state index >= 15 is 0 Å². The normalized spacial score (nSPS) is 10.6. The Labute approximate surface area is 147 Å². The summed E-state index contributed by atoms with van der Waals surface area (Å²) in [6.45, 7) is -0.293. The zero-order chi connectivity index (χ0) is 17.5. The maximum atomic E-state index is 11.6. The standard InChI is InChI=1S/C15H11Cl2N3O4/c16-13-3-1-2-10(15(13)17)8-18-19-14(21)9-24-12-6-4-11(5-7-12)20(22)23/h1-8H,9H2,(H,19,21)/b18-8+. The zero-order valence-electron chi connectivity index (χ0n) is 12.1. The molecule has 0 aliphatic rings. The third-order valence-electron chi connectivity index (χ3n) is 2.79. The number of nitro benzene ring substituents is 1. The Bertz CT molecular complexity index is 779. The van der Waals surface area contributed by atoms with Crippen molar-refractivity contribution in [1.29, 1.82) is 0 Å². The second kappa shape index (κ2) is 8.28. The van der Waals surface area contributed by atoms with Gasteiger partial charge in [-0.1, -0.05) is 35.3 Å². The summed E-state index contributed by atoms with van der Waals surface area (Å²) >= 11 is 11.8. The fourth-order valence-electron chi connectivity index (χ4n) is 1.64. The topological polar surface area (TPSA) is 93.8 Å². The number of rotatable bonds is 6. The van der Waals surface area contributed by atoms with Gasteiger partial charge < -0.3 is 4.74 Å². The van der Waals surface area contributed by atoms with E-state index in [1.54, 1.807) is 18.2 Å². The fraction of sp³-hybridized carbons (Fsp3) is 0.0667. The van der Waals surface area contributed by atoms with Crippen LogP contribution in [-0.4, -0.2) is 23.7 Å². The lowest BCUT2D eigenvalue weighted by Crippen LogP contribution is -2.24. The highest BCUT2D eigenvalue weighted by Crippen LogP contribution is 2.24. The van der Waals surface area contributed by atoms with E-state index in [0.717, 1.165) is 0 Å². The molecule has 0 fully saturated rings. The number of hydrazone groups is 1. The molecule has 1 N–H and O–H groups in total. The van der Waals surface area contributed by atoms with Gasteiger partial charge in [0.2, 0.25) is 0 Å². The molecule has 1 amide bonds. The van der Waals surface area contributed by atoms with E-state index in [9.17, 15) is 14.9 Å². The van der Waals surface area contributed by atoms with Gasteiger partial charge in [0.15, 0.2) is 6.61 Å². The van der Waals surface area contributed by atoms with E-state index in [4.69, 9.17) is 27.9 Å². The molecule has 2 aromatic carbocycles. The largest absolute Gasteiger partial charge is 0.484 e. The number of amides is 1. The number of halogens is 2. The number of hydrogen-bond donors (Lipinski definition) is 1. The monoisotopic (exact) mass is 367 g/mol. The molecule has 0 atom stereocenters. The molecule has 0 aromatic heterocycles. The Hall–Kier alpha value is -2.64. The van der Waals surface area contributed by atoms with Crippen molar-refractivity contribution >= 4 is 41.0 Å². The summed E-state index contributed by atoms with van der Waals surface area (Å²) in [4.78, 5) is 21.6. The van der Waals surface area contributed by atoms with Crippen LogP contribution in [0.25, 0.3) is 0 Å². The van der Waals surface area contributed by atoms with Gasteiger partial charge in [-0.25, -0.2) is 5.43 Å². The molecule has 0 unspecified atom stereocenters. The minimum Gasteiger partial charge on any atom is -0.484 e. The highest BCUT2D eigenvalue weighted by atomic mass is 35.5. The molecule has 9 heteroatoms. The second-order valence-corrected chi connectivity index (χ2v) is 5.26. The van der Waals surface area contributed by atoms with Gasteiger partial charge in [0, 0.05) is 17.7 Å². The molecule has 0 radical (unpaired) electrons. The summed E-state index contributed by atoms with van der Waals surface area (Å²) < 4.78 is 5.19. The van der Waals surface area contributed by atoms with Gasteiger partial charge in [-0.05, 0) is 18.2 Å². The molecule has 2 rings (SSSR count). The summed E-state index contributed by atoms with van der Waals surface area (Å²) in [6.07, 6.45) is 1.36. The van der Waals surface area contributed by atoms with Crippen LogP contribution in [0.5, 0.6) is 5.75 Å². The minimum absolute atomic E-state index is 0.0604. The van der Waals surface area contributed by atoms with E-state index in [1.807, 2.05) is 0 Å². The smallest absolute Gasteiger partial charge is 0.277 e. The Kier molecular flexibility index (Phi) is 6.11. The van der Waals surface area contributed by atoms with Gasteiger partial charge in [-0.3, -0.25) is 14.9 Å². The molecule has 2 aromatic rings. The van der Waals surface area contributed by atoms with Crippen molar-refractivity contribution in [1.82, 2.24) is 5.43 Å². The van der Waals surface area contributed by atoms with E-state index in [-0.39, 0.29) is 12.3 Å². The Balaban J connectivity index is 1.84. The van der Waals surface area contributed by atoms with Crippen molar-refractivity contribution in [3.63, 3.8) is 0 Å². The van der Waals surface area contributed by atoms with Crippen molar-refractivity contribution in [2.24, 2.45) is 5.10 Å². The zero-order valence-corrected chi connectivity index (χ0v) is 13.6. The Morgan fingerprint density at radius 3 is 2.62 bits per heavy atom. The number of nitro groups is 1. The molecule has 0 aliphatic carbocycles. The first-order valence-electron chi connectivity index (χ1n) is 6.60. The average Bonchev–Trinajstić information content (AvgIpc) is 2.57. The van der Waals surface area contributed by atoms with Crippen LogP contribution in [0.1, 0.15) is 5.56 Å². The van der Waals surface area contributed by atoms with E-state index in [0.29, 0.717) is 21.4 Å².